The Kier molecular flexibility index (Phi) is 21.7. The molecule has 3 aromatic carbocycles. The van der Waals surface area contributed by atoms with E-state index in [1.54, 1.807) is 6.07 Å². The van der Waals surface area contributed by atoms with Crippen LogP contribution < -0.4 is 37.2 Å². The van der Waals surface area contributed by atoms with E-state index in [1.807, 2.05) is 41.7 Å². The van der Waals surface area contributed by atoms with E-state index in [9.17, 15) is 77.6 Å². The topological polar surface area (TPSA) is 386 Å². The molecule has 1 aromatic heterocycles. The molecular formula is C48H53FN8O16. The third-order valence-electron chi connectivity index (χ3n) is 10.9. The molecule has 5 unspecified atom stereocenters. The number of aromatic nitrogens is 1. The van der Waals surface area contributed by atoms with E-state index in [1.165, 1.54) is 24.3 Å². The maximum absolute atomic E-state index is 13.7. The molecule has 0 fully saturated rings. The van der Waals surface area contributed by atoms with Gasteiger partial charge in [0.25, 0.3) is 11.8 Å². The number of hydrogen-bond donors (Lipinski definition) is 12. The van der Waals surface area contributed by atoms with Crippen molar-refractivity contribution in [3.05, 3.63) is 113 Å². The first kappa shape index (κ1) is 56.6. The molecule has 0 radical (unpaired) electrons. The smallest absolute Gasteiger partial charge is 0.326 e. The van der Waals surface area contributed by atoms with E-state index in [2.05, 4.69) is 36.9 Å². The fraction of sp³-hybridized carbons (Fsp3) is 0.333. The number of fused-ring (bicyclic) bond motifs is 1. The van der Waals surface area contributed by atoms with Gasteiger partial charge < -0.3 is 62.8 Å². The summed E-state index contributed by atoms with van der Waals surface area (Å²) in [4.78, 5) is 139. The van der Waals surface area contributed by atoms with Crippen LogP contribution in [0.25, 0.3) is 10.8 Å². The highest BCUT2D eigenvalue weighted by Gasteiger charge is 2.30. The third-order valence-corrected chi connectivity index (χ3v) is 10.9. The number of carbonyl (C=O) groups is 11. The molecule has 0 bridgehead atoms. The first-order valence-electron chi connectivity index (χ1n) is 22.5. The van der Waals surface area contributed by atoms with Crippen LogP contribution in [0, 0.1) is 5.95 Å². The van der Waals surface area contributed by atoms with Gasteiger partial charge in [0.1, 0.15) is 30.2 Å². The number of urea groups is 1. The predicted octanol–water partition coefficient (Wildman–Crippen LogP) is 1.31. The fourth-order valence-electron chi connectivity index (χ4n) is 7.03. The Morgan fingerprint density at radius 2 is 1.07 bits per heavy atom. The summed E-state index contributed by atoms with van der Waals surface area (Å²) in [7, 11) is 0. The van der Waals surface area contributed by atoms with Gasteiger partial charge in [-0.25, -0.2) is 19.4 Å². The summed E-state index contributed by atoms with van der Waals surface area (Å²) in [6.07, 6.45) is -1.79. The molecule has 25 heteroatoms. The average molecular weight is 1020 g/mol. The molecule has 0 saturated carbocycles. The second-order valence-electron chi connectivity index (χ2n) is 16.4. The molecule has 12 N–H and O–H groups in total. The van der Waals surface area contributed by atoms with Crippen LogP contribution in [0.15, 0.2) is 85.1 Å². The first-order chi connectivity index (χ1) is 34.7. The predicted molar refractivity (Wildman–Crippen MR) is 252 cm³/mol. The van der Waals surface area contributed by atoms with Crippen LogP contribution in [0.2, 0.25) is 0 Å². The minimum atomic E-state index is -1.70. The number of pyridine rings is 1. The molecule has 0 spiro atoms. The Bertz CT molecular complexity index is 2670. The lowest BCUT2D eigenvalue weighted by Crippen LogP contribution is -2.54. The number of rotatable bonds is 29. The number of aliphatic carboxylic acids is 5. The second kappa shape index (κ2) is 28.0. The van der Waals surface area contributed by atoms with E-state index < -0.39 is 134 Å². The zero-order chi connectivity index (χ0) is 53.6. The summed E-state index contributed by atoms with van der Waals surface area (Å²) < 4.78 is 13.3. The van der Waals surface area contributed by atoms with Crippen molar-refractivity contribution in [2.75, 3.05) is 6.54 Å². The fourth-order valence-corrected chi connectivity index (χ4v) is 7.03. The zero-order valence-corrected chi connectivity index (χ0v) is 38.8. The minimum Gasteiger partial charge on any atom is -0.481 e. The van der Waals surface area contributed by atoms with Crippen LogP contribution in [0.5, 0.6) is 0 Å². The van der Waals surface area contributed by atoms with Crippen molar-refractivity contribution < 1.29 is 82.7 Å². The first-order valence-corrected chi connectivity index (χ1v) is 22.5. The van der Waals surface area contributed by atoms with Gasteiger partial charge >= 0.3 is 35.9 Å². The SMILES string of the molecule is O=C(O)CCC(NC(=O)NC(CCCCNC(=O)C(Cc1ccc2ccccc2c1)NC(=O)c1ccc(CNC(=O)C(CC(=O)O)NC(=O)C(CCC(=O)O)NC(=O)c2ccc([18F])nc2)cc1)C(=O)O)C(=O)O. The van der Waals surface area contributed by atoms with Gasteiger partial charge in [0, 0.05) is 44.1 Å². The Morgan fingerprint density at radius 1 is 0.507 bits per heavy atom. The lowest BCUT2D eigenvalue weighted by Gasteiger charge is -2.22. The van der Waals surface area contributed by atoms with Crippen LogP contribution in [-0.4, -0.2) is 133 Å². The molecule has 24 nitrogen and oxygen atoms in total. The molecule has 7 amide bonds. The maximum Gasteiger partial charge on any atom is 0.326 e. The number of carboxylic acid groups (broad SMARTS) is 5. The van der Waals surface area contributed by atoms with Gasteiger partial charge in [0.05, 0.1) is 12.0 Å². The molecule has 73 heavy (non-hydrogen) atoms. The zero-order valence-electron chi connectivity index (χ0n) is 38.8. The lowest BCUT2D eigenvalue weighted by atomic mass is 10.0. The maximum atomic E-state index is 13.7. The van der Waals surface area contributed by atoms with Gasteiger partial charge in [-0.1, -0.05) is 54.6 Å². The summed E-state index contributed by atoms with van der Waals surface area (Å²) in [6.45, 7) is -0.209. The molecule has 388 valence electrons. The number of hydrogen-bond acceptors (Lipinski definition) is 12. The van der Waals surface area contributed by atoms with Crippen molar-refractivity contribution in [3.63, 3.8) is 0 Å². The van der Waals surface area contributed by atoms with Crippen molar-refractivity contribution in [3.8, 4) is 0 Å². The highest BCUT2D eigenvalue weighted by Crippen LogP contribution is 2.18. The van der Waals surface area contributed by atoms with Crippen LogP contribution in [0.1, 0.15) is 83.2 Å². The van der Waals surface area contributed by atoms with Gasteiger partial charge in [-0.3, -0.25) is 38.4 Å². The quantitative estimate of drug-likeness (QED) is 0.0269. The number of unbranched alkanes of at least 4 members (excludes halogenated alkanes) is 1. The molecule has 0 aliphatic rings. The molecule has 5 atom stereocenters. The monoisotopic (exact) mass is 1020 g/mol. The number of amides is 7. The van der Waals surface area contributed by atoms with Crippen molar-refractivity contribution in [1.29, 1.82) is 0 Å². The van der Waals surface area contributed by atoms with E-state index in [-0.39, 0.29) is 49.9 Å². The Hall–Kier alpha value is -9.03. The average Bonchev–Trinajstić information content (AvgIpc) is 3.34. The molecule has 0 aliphatic carbocycles. The van der Waals surface area contributed by atoms with Crippen LogP contribution in [0.3, 0.4) is 0 Å². The number of nitrogens with zero attached hydrogens (tertiary/aromatic N) is 1. The normalized spacial score (nSPS) is 12.8. The molecule has 0 saturated heterocycles. The van der Waals surface area contributed by atoms with E-state index in [0.29, 0.717) is 11.1 Å². The summed E-state index contributed by atoms with van der Waals surface area (Å²) >= 11 is 0. The molecule has 1 heterocycles. The molecule has 0 aliphatic heterocycles. The summed E-state index contributed by atoms with van der Waals surface area (Å²) in [6, 6.07) is 12.1. The number of carbonyl (C=O) groups excluding carboxylic acids is 6. The highest BCUT2D eigenvalue weighted by molar-refractivity contribution is 5.99. The molecule has 4 aromatic rings. The summed E-state index contributed by atoms with van der Waals surface area (Å²) in [5.41, 5.74) is 1.04. The number of nitrogens with one attached hydrogen (secondary N) is 7. The molecule has 4 rings (SSSR count). The van der Waals surface area contributed by atoms with Crippen LogP contribution >= 0.6 is 0 Å². The Balaban J connectivity index is 1.37. The standard InChI is InChI=1S/C48H53FN8O16/c49-37-17-14-31(25-51-37)42(65)53-32(15-18-38(58)59)45(68)55-36(23-40(62)63)44(67)52-24-26-8-12-29(13-9-26)41(64)54-35(22-27-10-11-28-5-1-2-6-30(28)21-27)43(66)50-20-4-3-7-33(46(69)70)56-48(73)57-34(47(71)72)16-19-39(60)61/h1-2,5-6,8-14,17,21,25,32-36H,3-4,7,15-16,18-20,22-24H2,(H,50,66)(H,52,67)(H,53,65)(H,54,64)(H,55,68)(H,58,59)(H,60,61)(H,62,63)(H,69,70)(H,71,72)(H2,56,57,73)/i49-1. The van der Waals surface area contributed by atoms with E-state index >= 15 is 0 Å². The van der Waals surface area contributed by atoms with Gasteiger partial charge in [0.2, 0.25) is 23.7 Å². The van der Waals surface area contributed by atoms with E-state index in [4.69, 9.17) is 5.11 Å². The second-order valence-corrected chi connectivity index (χ2v) is 16.4. The number of benzene rings is 3. The third kappa shape index (κ3) is 19.4. The van der Waals surface area contributed by atoms with Crippen LogP contribution in [0.4, 0.5) is 9.18 Å². The van der Waals surface area contributed by atoms with Crippen molar-refractivity contribution in [2.45, 2.75) is 94.5 Å². The minimum absolute atomic E-state index is 0.0203. The van der Waals surface area contributed by atoms with Crippen molar-refractivity contribution in [1.82, 2.24) is 42.2 Å². The largest absolute Gasteiger partial charge is 0.481 e. The van der Waals surface area contributed by atoms with Gasteiger partial charge in [-0.2, -0.15) is 4.39 Å². The summed E-state index contributed by atoms with van der Waals surface area (Å²) in [5, 5.41) is 65.0. The lowest BCUT2D eigenvalue weighted by molar-refractivity contribution is -0.142. The Morgan fingerprint density at radius 3 is 1.67 bits per heavy atom. The van der Waals surface area contributed by atoms with Gasteiger partial charge in [-0.15, -0.1) is 0 Å². The highest BCUT2D eigenvalue weighted by atomic mass is 18.2. The Labute approximate surface area is 414 Å². The van der Waals surface area contributed by atoms with Crippen molar-refractivity contribution in [2.24, 2.45) is 0 Å². The van der Waals surface area contributed by atoms with E-state index in [0.717, 1.165) is 29.1 Å². The number of halogens is 1. The van der Waals surface area contributed by atoms with Gasteiger partial charge in [-0.05, 0) is 78.3 Å². The van der Waals surface area contributed by atoms with Gasteiger partial charge in [0.15, 0.2) is 0 Å². The molecular weight excluding hydrogens is 963 g/mol. The van der Waals surface area contributed by atoms with Crippen LogP contribution in [-0.2, 0) is 51.3 Å². The number of carboxylic acids is 5. The van der Waals surface area contributed by atoms with Crippen molar-refractivity contribution >= 4 is 76.2 Å². The summed E-state index contributed by atoms with van der Waals surface area (Å²) in [5.74, 6) is -12.1.